The molecule has 1 amide bonds. The minimum Gasteiger partial charge on any atom is -0.346 e. The normalized spacial score (nSPS) is 13.0. The molecule has 1 atom stereocenters. The highest BCUT2D eigenvalue weighted by molar-refractivity contribution is 5.85. The molecule has 0 saturated heterocycles. The van der Waals surface area contributed by atoms with E-state index in [0.717, 1.165) is 0 Å². The number of alkyl halides is 3. The van der Waals surface area contributed by atoms with Crippen LogP contribution >= 0.6 is 12.4 Å². The molecule has 0 rings (SSSR count). The molecule has 0 aromatic rings. The molecule has 7 heteroatoms. The first-order chi connectivity index (χ1) is 5.37. The van der Waals surface area contributed by atoms with Gasteiger partial charge in [0.05, 0.1) is 6.04 Å². The average Bonchev–Trinajstić information content (AvgIpc) is 1.97. The summed E-state index contributed by atoms with van der Waals surface area (Å²) in [4.78, 5) is 10.7. The number of nitrogens with one attached hydrogen (secondary N) is 1. The molecule has 0 heterocycles. The van der Waals surface area contributed by atoms with Crippen molar-refractivity contribution in [2.75, 3.05) is 6.54 Å². The third kappa shape index (κ3) is 7.86. The van der Waals surface area contributed by atoms with E-state index in [4.69, 9.17) is 5.73 Å². The lowest BCUT2D eigenvalue weighted by molar-refractivity contribution is -0.139. The second kappa shape index (κ2) is 6.04. The Hall–Kier alpha value is -0.490. The fraction of sp³-hybridized carbons (Fsp3) is 0.833. The van der Waals surface area contributed by atoms with Gasteiger partial charge in [0, 0.05) is 0 Å². The SMILES string of the molecule is CCC(N)C(=O)NCC(F)(F)F.Cl. The minimum atomic E-state index is -4.37. The predicted molar refractivity (Wildman–Crippen MR) is 44.6 cm³/mol. The Morgan fingerprint density at radius 1 is 1.54 bits per heavy atom. The summed E-state index contributed by atoms with van der Waals surface area (Å²) < 4.78 is 34.6. The van der Waals surface area contributed by atoms with E-state index in [1.807, 2.05) is 0 Å². The van der Waals surface area contributed by atoms with Gasteiger partial charge in [0.15, 0.2) is 0 Å². The number of halogens is 4. The molecule has 0 aliphatic carbocycles. The molecule has 13 heavy (non-hydrogen) atoms. The van der Waals surface area contributed by atoms with E-state index in [1.165, 1.54) is 0 Å². The minimum absolute atomic E-state index is 0. The molecule has 0 bridgehead atoms. The van der Waals surface area contributed by atoms with Gasteiger partial charge in [0.1, 0.15) is 6.54 Å². The quantitative estimate of drug-likeness (QED) is 0.740. The van der Waals surface area contributed by atoms with Crippen molar-refractivity contribution < 1.29 is 18.0 Å². The summed E-state index contributed by atoms with van der Waals surface area (Å²) in [6.45, 7) is 0.303. The first-order valence-electron chi connectivity index (χ1n) is 3.47. The number of hydrogen-bond acceptors (Lipinski definition) is 2. The van der Waals surface area contributed by atoms with Crippen LogP contribution in [0.4, 0.5) is 13.2 Å². The highest BCUT2D eigenvalue weighted by Crippen LogP contribution is 2.12. The molecule has 1 unspecified atom stereocenters. The maximum Gasteiger partial charge on any atom is 0.405 e. The number of rotatable bonds is 3. The van der Waals surface area contributed by atoms with Crippen LogP contribution in [0.2, 0.25) is 0 Å². The van der Waals surface area contributed by atoms with Gasteiger partial charge in [-0.05, 0) is 6.42 Å². The highest BCUT2D eigenvalue weighted by atomic mass is 35.5. The molecule has 3 nitrogen and oxygen atoms in total. The van der Waals surface area contributed by atoms with Crippen LogP contribution in [-0.4, -0.2) is 24.7 Å². The third-order valence-electron chi connectivity index (χ3n) is 1.24. The van der Waals surface area contributed by atoms with Crippen LogP contribution in [0.15, 0.2) is 0 Å². The van der Waals surface area contributed by atoms with Crippen LogP contribution in [0.3, 0.4) is 0 Å². The smallest absolute Gasteiger partial charge is 0.346 e. The first-order valence-corrected chi connectivity index (χ1v) is 3.47. The Labute approximate surface area is 80.3 Å². The van der Waals surface area contributed by atoms with E-state index in [2.05, 4.69) is 0 Å². The van der Waals surface area contributed by atoms with E-state index in [9.17, 15) is 18.0 Å². The van der Waals surface area contributed by atoms with E-state index >= 15 is 0 Å². The second-order valence-corrected chi connectivity index (χ2v) is 2.35. The van der Waals surface area contributed by atoms with Crippen LogP contribution in [-0.2, 0) is 4.79 Å². The van der Waals surface area contributed by atoms with Gasteiger partial charge in [-0.1, -0.05) is 6.92 Å². The topological polar surface area (TPSA) is 55.1 Å². The summed E-state index contributed by atoms with van der Waals surface area (Å²) in [5.41, 5.74) is 5.17. The largest absolute Gasteiger partial charge is 0.405 e. The molecular weight excluding hydrogens is 209 g/mol. The molecule has 0 aliphatic heterocycles. The molecule has 0 aromatic heterocycles. The van der Waals surface area contributed by atoms with Gasteiger partial charge in [-0.25, -0.2) is 0 Å². The zero-order valence-electron chi connectivity index (χ0n) is 7.02. The predicted octanol–water partition coefficient (Wildman–Crippen LogP) is 0.824. The Morgan fingerprint density at radius 3 is 2.31 bits per heavy atom. The van der Waals surface area contributed by atoms with E-state index in [0.29, 0.717) is 6.42 Å². The van der Waals surface area contributed by atoms with Gasteiger partial charge >= 0.3 is 6.18 Å². The first kappa shape index (κ1) is 15.0. The van der Waals surface area contributed by atoms with Crippen LogP contribution in [0.1, 0.15) is 13.3 Å². The fourth-order valence-corrected chi connectivity index (χ4v) is 0.504. The Balaban J connectivity index is 0. The Morgan fingerprint density at radius 2 is 2.00 bits per heavy atom. The summed E-state index contributed by atoms with van der Waals surface area (Å²) in [5.74, 6) is -0.769. The van der Waals surface area contributed by atoms with Crippen molar-refractivity contribution in [1.82, 2.24) is 5.32 Å². The Bertz CT molecular complexity index is 162. The fourth-order valence-electron chi connectivity index (χ4n) is 0.504. The van der Waals surface area contributed by atoms with Crippen molar-refractivity contribution in [1.29, 1.82) is 0 Å². The zero-order valence-corrected chi connectivity index (χ0v) is 7.84. The molecule has 0 spiro atoms. The van der Waals surface area contributed by atoms with Gasteiger partial charge in [0.25, 0.3) is 0 Å². The second-order valence-electron chi connectivity index (χ2n) is 2.35. The van der Waals surface area contributed by atoms with Crippen molar-refractivity contribution in [3.63, 3.8) is 0 Å². The van der Waals surface area contributed by atoms with Crippen LogP contribution < -0.4 is 11.1 Å². The monoisotopic (exact) mass is 220 g/mol. The van der Waals surface area contributed by atoms with E-state index in [-0.39, 0.29) is 12.4 Å². The highest BCUT2D eigenvalue weighted by Gasteiger charge is 2.28. The van der Waals surface area contributed by atoms with Crippen molar-refractivity contribution in [2.45, 2.75) is 25.6 Å². The molecule has 3 N–H and O–H groups in total. The molecule has 0 aliphatic rings. The molecule has 80 valence electrons. The number of hydrogen-bond donors (Lipinski definition) is 2. The number of amides is 1. The summed E-state index contributed by atoms with van der Waals surface area (Å²) in [6.07, 6.45) is -4.05. The van der Waals surface area contributed by atoms with Crippen LogP contribution in [0.25, 0.3) is 0 Å². The van der Waals surface area contributed by atoms with Gasteiger partial charge in [-0.2, -0.15) is 13.2 Å². The number of carbonyl (C=O) groups is 1. The maximum absolute atomic E-state index is 11.5. The molecular formula is C6H12ClF3N2O. The summed E-state index contributed by atoms with van der Waals surface area (Å²) in [5, 5.41) is 1.68. The zero-order chi connectivity index (χ0) is 9.78. The van der Waals surface area contributed by atoms with E-state index in [1.54, 1.807) is 12.2 Å². The molecule has 0 aromatic carbocycles. The summed E-state index contributed by atoms with van der Waals surface area (Å²) in [6, 6.07) is -0.854. The van der Waals surface area contributed by atoms with Gasteiger partial charge < -0.3 is 11.1 Å². The van der Waals surface area contributed by atoms with Crippen molar-refractivity contribution in [3.05, 3.63) is 0 Å². The van der Waals surface area contributed by atoms with Gasteiger partial charge in [0.2, 0.25) is 5.91 Å². The van der Waals surface area contributed by atoms with Gasteiger partial charge in [-0.3, -0.25) is 4.79 Å². The lowest BCUT2D eigenvalue weighted by atomic mass is 10.2. The molecule has 0 saturated carbocycles. The third-order valence-corrected chi connectivity index (χ3v) is 1.24. The average molecular weight is 221 g/mol. The van der Waals surface area contributed by atoms with Crippen molar-refractivity contribution >= 4 is 18.3 Å². The Kier molecular flexibility index (Phi) is 6.97. The molecule has 0 fully saturated rings. The lowest BCUT2D eigenvalue weighted by Crippen LogP contribution is -2.43. The maximum atomic E-state index is 11.5. The lowest BCUT2D eigenvalue weighted by Gasteiger charge is -2.11. The molecule has 0 radical (unpaired) electrons. The standard InChI is InChI=1S/C6H11F3N2O.ClH/c1-2-4(10)5(12)11-3-6(7,8)9;/h4H,2-3,10H2,1H3,(H,11,12);1H. The van der Waals surface area contributed by atoms with Gasteiger partial charge in [-0.15, -0.1) is 12.4 Å². The number of nitrogens with two attached hydrogens (primary N) is 1. The van der Waals surface area contributed by atoms with Crippen LogP contribution in [0.5, 0.6) is 0 Å². The summed E-state index contributed by atoms with van der Waals surface area (Å²) >= 11 is 0. The van der Waals surface area contributed by atoms with E-state index < -0.39 is 24.7 Å². The van der Waals surface area contributed by atoms with Crippen LogP contribution in [0, 0.1) is 0 Å². The van der Waals surface area contributed by atoms with Crippen molar-refractivity contribution in [2.24, 2.45) is 5.73 Å². The summed E-state index contributed by atoms with van der Waals surface area (Å²) in [7, 11) is 0. The number of carbonyl (C=O) groups excluding carboxylic acids is 1. The van der Waals surface area contributed by atoms with Crippen molar-refractivity contribution in [3.8, 4) is 0 Å².